The zero-order valence-electron chi connectivity index (χ0n) is 17.9. The van der Waals surface area contributed by atoms with Crippen LogP contribution in [-0.2, 0) is 14.4 Å². The number of amides is 3. The zero-order valence-corrected chi connectivity index (χ0v) is 18.7. The fraction of sp³-hybridized carbons (Fsp3) is 0.348. The van der Waals surface area contributed by atoms with E-state index < -0.39 is 12.0 Å². The minimum atomic E-state index is -0.642. The number of aliphatic hydroxyl groups excluding tert-OH is 1. The molecule has 1 heterocycles. The second kappa shape index (κ2) is 10.5. The summed E-state index contributed by atoms with van der Waals surface area (Å²) in [4.78, 5) is 38.3. The van der Waals surface area contributed by atoms with Crippen molar-refractivity contribution in [1.29, 1.82) is 0 Å². The highest BCUT2D eigenvalue weighted by Gasteiger charge is 2.35. The van der Waals surface area contributed by atoms with Gasteiger partial charge in [0.05, 0.1) is 12.0 Å². The molecule has 3 N–H and O–H groups in total. The van der Waals surface area contributed by atoms with E-state index in [0.717, 1.165) is 5.56 Å². The maximum atomic E-state index is 12.4. The van der Waals surface area contributed by atoms with Gasteiger partial charge >= 0.3 is 0 Å². The number of aryl methyl sites for hydroxylation is 1. The summed E-state index contributed by atoms with van der Waals surface area (Å²) in [5.41, 5.74) is 2.16. The summed E-state index contributed by atoms with van der Waals surface area (Å²) in [6.45, 7) is 3.69. The Morgan fingerprint density at radius 1 is 1.25 bits per heavy atom. The van der Waals surface area contributed by atoms with E-state index >= 15 is 0 Å². The standard InChI is InChI=1S/C23H26ClN3O5/c1-14-3-4-17(24)10-20(14)26-21(29)13-32-19-7-5-18(6-8-19)27-12-16(9-22(27)30)23(31)25-11-15(2)28/h3-8,10,15-16,28H,9,11-13H2,1-2H3,(H,25,31)(H,26,29)/t15-,16-/m0/s1. The molecule has 1 saturated heterocycles. The number of halogens is 1. The third-order valence-electron chi connectivity index (χ3n) is 5.06. The summed E-state index contributed by atoms with van der Waals surface area (Å²) in [6, 6.07) is 12.0. The minimum Gasteiger partial charge on any atom is -0.484 e. The minimum absolute atomic E-state index is 0.118. The Balaban J connectivity index is 1.52. The molecule has 8 nitrogen and oxygen atoms in total. The predicted molar refractivity (Wildman–Crippen MR) is 122 cm³/mol. The SMILES string of the molecule is Cc1ccc(Cl)cc1NC(=O)COc1ccc(N2C[C@@H](C(=O)NC[C@H](C)O)CC2=O)cc1. The predicted octanol–water partition coefficient (Wildman–Crippen LogP) is 2.52. The van der Waals surface area contributed by atoms with Gasteiger partial charge in [-0.15, -0.1) is 0 Å². The van der Waals surface area contributed by atoms with E-state index in [1.165, 1.54) is 0 Å². The Labute approximate surface area is 191 Å². The number of nitrogens with one attached hydrogen (secondary N) is 2. The van der Waals surface area contributed by atoms with Crippen molar-refractivity contribution in [1.82, 2.24) is 5.32 Å². The van der Waals surface area contributed by atoms with E-state index in [1.54, 1.807) is 48.2 Å². The Bertz CT molecular complexity index is 994. The van der Waals surface area contributed by atoms with Crippen LogP contribution in [0.2, 0.25) is 5.02 Å². The quantitative estimate of drug-likeness (QED) is 0.562. The lowest BCUT2D eigenvalue weighted by atomic mass is 10.1. The van der Waals surface area contributed by atoms with Gasteiger partial charge in [-0.05, 0) is 55.8 Å². The van der Waals surface area contributed by atoms with Crippen molar-refractivity contribution >= 4 is 40.7 Å². The van der Waals surface area contributed by atoms with Gasteiger partial charge in [-0.2, -0.15) is 0 Å². The summed E-state index contributed by atoms with van der Waals surface area (Å²) in [5, 5.41) is 15.2. The van der Waals surface area contributed by atoms with Gasteiger partial charge in [0.25, 0.3) is 5.91 Å². The largest absolute Gasteiger partial charge is 0.484 e. The van der Waals surface area contributed by atoms with Gasteiger partial charge in [0.1, 0.15) is 5.75 Å². The molecule has 3 amide bonds. The molecule has 2 atom stereocenters. The van der Waals surface area contributed by atoms with Crippen LogP contribution in [0.15, 0.2) is 42.5 Å². The van der Waals surface area contributed by atoms with Gasteiger partial charge in [-0.3, -0.25) is 14.4 Å². The molecule has 32 heavy (non-hydrogen) atoms. The van der Waals surface area contributed by atoms with Crippen LogP contribution < -0.4 is 20.3 Å². The number of carbonyl (C=O) groups excluding carboxylic acids is 3. The number of carbonyl (C=O) groups is 3. The van der Waals surface area contributed by atoms with Crippen molar-refractivity contribution in [2.75, 3.05) is 29.9 Å². The van der Waals surface area contributed by atoms with Crippen LogP contribution in [0.25, 0.3) is 0 Å². The molecule has 1 aliphatic rings. The maximum absolute atomic E-state index is 12.4. The lowest BCUT2D eigenvalue weighted by molar-refractivity contribution is -0.126. The van der Waals surface area contributed by atoms with Crippen molar-refractivity contribution in [2.45, 2.75) is 26.4 Å². The number of aliphatic hydroxyl groups is 1. The average molecular weight is 460 g/mol. The molecule has 0 spiro atoms. The number of hydrogen-bond acceptors (Lipinski definition) is 5. The molecule has 1 aliphatic heterocycles. The molecular weight excluding hydrogens is 434 g/mol. The van der Waals surface area contributed by atoms with E-state index in [4.69, 9.17) is 16.3 Å². The van der Waals surface area contributed by atoms with E-state index in [-0.39, 0.29) is 43.8 Å². The Hall–Kier alpha value is -3.10. The van der Waals surface area contributed by atoms with Gasteiger partial charge < -0.3 is 25.4 Å². The molecule has 0 unspecified atom stereocenters. The first-order chi connectivity index (χ1) is 15.2. The first-order valence-electron chi connectivity index (χ1n) is 10.3. The maximum Gasteiger partial charge on any atom is 0.262 e. The van der Waals surface area contributed by atoms with E-state index in [0.29, 0.717) is 22.1 Å². The van der Waals surface area contributed by atoms with Crippen molar-refractivity contribution in [3.63, 3.8) is 0 Å². The van der Waals surface area contributed by atoms with Crippen LogP contribution in [-0.4, -0.2) is 48.6 Å². The van der Waals surface area contributed by atoms with Crippen LogP contribution in [0.5, 0.6) is 5.75 Å². The molecule has 1 fully saturated rings. The third-order valence-corrected chi connectivity index (χ3v) is 5.29. The molecular formula is C23H26ClN3O5. The third kappa shape index (κ3) is 6.21. The van der Waals surface area contributed by atoms with Crippen LogP contribution in [0.1, 0.15) is 18.9 Å². The topological polar surface area (TPSA) is 108 Å². The molecule has 9 heteroatoms. The van der Waals surface area contributed by atoms with E-state index in [1.807, 2.05) is 13.0 Å². The number of hydrogen-bond donors (Lipinski definition) is 3. The zero-order chi connectivity index (χ0) is 23.3. The molecule has 0 aromatic heterocycles. The van der Waals surface area contributed by atoms with Crippen LogP contribution in [0.4, 0.5) is 11.4 Å². The molecule has 2 aromatic carbocycles. The molecule has 0 bridgehead atoms. The van der Waals surface area contributed by atoms with Crippen LogP contribution in [0, 0.1) is 12.8 Å². The monoisotopic (exact) mass is 459 g/mol. The lowest BCUT2D eigenvalue weighted by Crippen LogP contribution is -2.36. The highest BCUT2D eigenvalue weighted by atomic mass is 35.5. The molecule has 2 aromatic rings. The fourth-order valence-corrected chi connectivity index (χ4v) is 3.48. The van der Waals surface area contributed by atoms with Crippen LogP contribution >= 0.6 is 11.6 Å². The number of rotatable bonds is 8. The second-order valence-corrected chi connectivity index (χ2v) is 8.23. The van der Waals surface area contributed by atoms with Gasteiger partial charge in [-0.1, -0.05) is 17.7 Å². The van der Waals surface area contributed by atoms with Crippen molar-refractivity contribution in [2.24, 2.45) is 5.92 Å². The molecule has 0 saturated carbocycles. The van der Waals surface area contributed by atoms with Gasteiger partial charge in [-0.25, -0.2) is 0 Å². The van der Waals surface area contributed by atoms with Crippen LogP contribution in [0.3, 0.4) is 0 Å². The van der Waals surface area contributed by atoms with E-state index in [2.05, 4.69) is 10.6 Å². The smallest absolute Gasteiger partial charge is 0.262 e. The molecule has 170 valence electrons. The van der Waals surface area contributed by atoms with Gasteiger partial charge in [0.2, 0.25) is 11.8 Å². The Morgan fingerprint density at radius 2 is 1.97 bits per heavy atom. The fourth-order valence-electron chi connectivity index (χ4n) is 3.31. The Morgan fingerprint density at radius 3 is 2.66 bits per heavy atom. The van der Waals surface area contributed by atoms with Crippen molar-refractivity contribution in [3.05, 3.63) is 53.1 Å². The summed E-state index contributed by atoms with van der Waals surface area (Å²) in [6.07, 6.45) is -0.524. The van der Waals surface area contributed by atoms with Crippen molar-refractivity contribution in [3.8, 4) is 5.75 Å². The highest BCUT2D eigenvalue weighted by molar-refractivity contribution is 6.31. The lowest BCUT2D eigenvalue weighted by Gasteiger charge is -2.17. The molecule has 3 rings (SSSR count). The first-order valence-corrected chi connectivity index (χ1v) is 10.7. The normalized spacial score (nSPS) is 16.6. The average Bonchev–Trinajstić information content (AvgIpc) is 3.15. The number of benzene rings is 2. The number of anilines is 2. The first kappa shape index (κ1) is 23.6. The number of nitrogens with zero attached hydrogens (tertiary/aromatic N) is 1. The van der Waals surface area contributed by atoms with Gasteiger partial charge in [0, 0.05) is 35.9 Å². The molecule has 0 radical (unpaired) electrons. The van der Waals surface area contributed by atoms with Gasteiger partial charge in [0.15, 0.2) is 6.61 Å². The highest BCUT2D eigenvalue weighted by Crippen LogP contribution is 2.27. The molecule has 0 aliphatic carbocycles. The summed E-state index contributed by atoms with van der Waals surface area (Å²) < 4.78 is 5.53. The number of ether oxygens (including phenoxy) is 1. The van der Waals surface area contributed by atoms with Crippen molar-refractivity contribution < 1.29 is 24.2 Å². The second-order valence-electron chi connectivity index (χ2n) is 7.79. The van der Waals surface area contributed by atoms with E-state index in [9.17, 15) is 19.5 Å². The summed E-state index contributed by atoms with van der Waals surface area (Å²) in [5.74, 6) is -0.699. The summed E-state index contributed by atoms with van der Waals surface area (Å²) in [7, 11) is 0. The summed E-state index contributed by atoms with van der Waals surface area (Å²) >= 11 is 5.96. The Kier molecular flexibility index (Phi) is 7.71.